The normalized spacial score (nSPS) is 11.1. The lowest BCUT2D eigenvalue weighted by molar-refractivity contribution is 1.12. The largest absolute Gasteiger partial charge is 0.266 e. The fraction of sp³-hybridized carbons (Fsp3) is 0. The van der Waals surface area contributed by atoms with Crippen LogP contribution in [-0.4, -0.2) is 14.4 Å². The summed E-state index contributed by atoms with van der Waals surface area (Å²) < 4.78 is 1.73. The number of halogens is 3. The topological polar surface area (TPSA) is 30.2 Å². The molecule has 1 aromatic carbocycles. The van der Waals surface area contributed by atoms with Gasteiger partial charge in [0.1, 0.15) is 16.1 Å². The minimum atomic E-state index is 0.343. The Kier molecular flexibility index (Phi) is 2.90. The average molecular weight is 299 g/mol. The zero-order chi connectivity index (χ0) is 12.7. The highest BCUT2D eigenvalue weighted by molar-refractivity contribution is 6.33. The third-order valence-corrected chi connectivity index (χ3v) is 3.24. The molecule has 3 aromatic rings. The van der Waals surface area contributed by atoms with E-state index >= 15 is 0 Å². The molecule has 0 fully saturated rings. The summed E-state index contributed by atoms with van der Waals surface area (Å²) in [5.74, 6) is 0.704. The molecule has 0 bridgehead atoms. The van der Waals surface area contributed by atoms with Crippen molar-refractivity contribution >= 4 is 40.4 Å². The summed E-state index contributed by atoms with van der Waals surface area (Å²) in [5, 5.41) is 1.48. The number of fused-ring (bicyclic) bond motifs is 1. The molecule has 2 heterocycles. The van der Waals surface area contributed by atoms with Gasteiger partial charge >= 0.3 is 0 Å². The van der Waals surface area contributed by atoms with E-state index in [-0.39, 0.29) is 0 Å². The Labute approximate surface area is 118 Å². The van der Waals surface area contributed by atoms with Crippen molar-refractivity contribution in [3.05, 3.63) is 51.9 Å². The molecule has 90 valence electrons. The molecule has 0 aliphatic carbocycles. The van der Waals surface area contributed by atoms with Crippen LogP contribution in [0.25, 0.3) is 17.0 Å². The van der Waals surface area contributed by atoms with Gasteiger partial charge in [-0.25, -0.2) is 9.97 Å². The molecule has 0 atom stereocenters. The van der Waals surface area contributed by atoms with Crippen molar-refractivity contribution in [1.29, 1.82) is 0 Å². The van der Waals surface area contributed by atoms with Gasteiger partial charge in [0.15, 0.2) is 5.65 Å². The van der Waals surface area contributed by atoms with Crippen LogP contribution in [0.4, 0.5) is 0 Å². The summed E-state index contributed by atoms with van der Waals surface area (Å²) in [6.45, 7) is 0. The molecule has 0 saturated heterocycles. The number of aromatic nitrogens is 3. The summed E-state index contributed by atoms with van der Waals surface area (Å²) >= 11 is 17.9. The molecule has 0 amide bonds. The lowest BCUT2D eigenvalue weighted by Gasteiger charge is -2.04. The zero-order valence-corrected chi connectivity index (χ0v) is 11.2. The Morgan fingerprint density at radius 2 is 1.72 bits per heavy atom. The Bertz CT molecular complexity index is 719. The summed E-state index contributed by atoms with van der Waals surface area (Å²) in [6.07, 6.45) is 1.63. The van der Waals surface area contributed by atoms with Crippen LogP contribution in [0.3, 0.4) is 0 Å². The molecule has 3 nitrogen and oxygen atoms in total. The van der Waals surface area contributed by atoms with E-state index in [1.165, 1.54) is 0 Å². The molecule has 0 aliphatic rings. The van der Waals surface area contributed by atoms with Gasteiger partial charge in [0.05, 0.1) is 6.20 Å². The van der Waals surface area contributed by atoms with E-state index < -0.39 is 0 Å². The van der Waals surface area contributed by atoms with E-state index in [2.05, 4.69) is 9.97 Å². The Morgan fingerprint density at radius 1 is 1.00 bits per heavy atom. The number of hydrogen-bond acceptors (Lipinski definition) is 2. The van der Waals surface area contributed by atoms with Gasteiger partial charge in [-0.1, -0.05) is 34.8 Å². The Morgan fingerprint density at radius 3 is 2.44 bits per heavy atom. The standard InChI is InChI=1S/C12H6Cl3N3/c13-8-3-1-7(2-4-8)12-16-6-11-17-9(14)5-10(15)18(11)12/h1-6H. The van der Waals surface area contributed by atoms with Crippen LogP contribution in [-0.2, 0) is 0 Å². The SMILES string of the molecule is Clc1ccc(-c2ncc3nc(Cl)cc(Cl)n23)cc1. The molecule has 0 spiro atoms. The lowest BCUT2D eigenvalue weighted by Crippen LogP contribution is -1.93. The molecule has 3 rings (SSSR count). The molecule has 0 radical (unpaired) electrons. The maximum Gasteiger partial charge on any atom is 0.159 e. The molecule has 0 aliphatic heterocycles. The smallest absolute Gasteiger partial charge is 0.159 e. The Balaban J connectivity index is 2.27. The first kappa shape index (κ1) is 11.8. The first-order valence-electron chi connectivity index (χ1n) is 5.10. The maximum absolute atomic E-state index is 6.16. The van der Waals surface area contributed by atoms with Crippen molar-refractivity contribution in [3.8, 4) is 11.4 Å². The van der Waals surface area contributed by atoms with Crippen LogP contribution in [0, 0.1) is 0 Å². The second-order valence-corrected chi connectivity index (χ2v) is 4.89. The van der Waals surface area contributed by atoms with Gasteiger partial charge in [0, 0.05) is 16.7 Å². The minimum Gasteiger partial charge on any atom is -0.266 e. The molecule has 0 saturated carbocycles. The molecule has 18 heavy (non-hydrogen) atoms. The van der Waals surface area contributed by atoms with Gasteiger partial charge in [-0.3, -0.25) is 4.40 Å². The number of rotatable bonds is 1. The number of hydrogen-bond donors (Lipinski definition) is 0. The van der Waals surface area contributed by atoms with Crippen molar-refractivity contribution in [2.24, 2.45) is 0 Å². The van der Waals surface area contributed by atoms with Gasteiger partial charge < -0.3 is 0 Å². The van der Waals surface area contributed by atoms with Crippen LogP contribution < -0.4 is 0 Å². The molecular formula is C12H6Cl3N3. The van der Waals surface area contributed by atoms with Crippen LogP contribution >= 0.6 is 34.8 Å². The molecule has 0 unspecified atom stereocenters. The van der Waals surface area contributed by atoms with E-state index in [0.29, 0.717) is 26.8 Å². The first-order valence-corrected chi connectivity index (χ1v) is 6.24. The van der Waals surface area contributed by atoms with Crippen LogP contribution in [0.1, 0.15) is 0 Å². The molecule has 6 heteroatoms. The quantitative estimate of drug-likeness (QED) is 0.625. The highest BCUT2D eigenvalue weighted by Gasteiger charge is 2.11. The van der Waals surface area contributed by atoms with Gasteiger partial charge in [-0.2, -0.15) is 0 Å². The minimum absolute atomic E-state index is 0.343. The second-order valence-electron chi connectivity index (χ2n) is 3.68. The fourth-order valence-electron chi connectivity index (χ4n) is 1.74. The zero-order valence-electron chi connectivity index (χ0n) is 8.94. The molecule has 2 aromatic heterocycles. The monoisotopic (exact) mass is 297 g/mol. The third kappa shape index (κ3) is 1.94. The van der Waals surface area contributed by atoms with E-state index in [9.17, 15) is 0 Å². The van der Waals surface area contributed by atoms with Crippen molar-refractivity contribution in [1.82, 2.24) is 14.4 Å². The molecule has 0 N–H and O–H groups in total. The maximum atomic E-state index is 6.16. The number of benzene rings is 1. The van der Waals surface area contributed by atoms with Crippen molar-refractivity contribution in [2.75, 3.05) is 0 Å². The highest BCUT2D eigenvalue weighted by atomic mass is 35.5. The average Bonchev–Trinajstić information content (AvgIpc) is 2.74. The van der Waals surface area contributed by atoms with Crippen molar-refractivity contribution in [2.45, 2.75) is 0 Å². The molecular weight excluding hydrogens is 293 g/mol. The van der Waals surface area contributed by atoms with Gasteiger partial charge in [-0.15, -0.1) is 0 Å². The van der Waals surface area contributed by atoms with E-state index in [1.807, 2.05) is 12.1 Å². The van der Waals surface area contributed by atoms with E-state index in [0.717, 1.165) is 5.56 Å². The highest BCUT2D eigenvalue weighted by Crippen LogP contribution is 2.25. The van der Waals surface area contributed by atoms with Gasteiger partial charge in [0.25, 0.3) is 0 Å². The number of nitrogens with zero attached hydrogens (tertiary/aromatic N) is 3. The summed E-state index contributed by atoms with van der Waals surface area (Å²) in [6, 6.07) is 8.94. The first-order chi connectivity index (χ1) is 8.65. The summed E-state index contributed by atoms with van der Waals surface area (Å²) in [7, 11) is 0. The van der Waals surface area contributed by atoms with Crippen molar-refractivity contribution < 1.29 is 0 Å². The second kappa shape index (κ2) is 4.43. The van der Waals surface area contributed by atoms with Gasteiger partial charge in [0.2, 0.25) is 0 Å². The lowest BCUT2D eigenvalue weighted by atomic mass is 10.2. The predicted octanol–water partition coefficient (Wildman–Crippen LogP) is 4.36. The van der Waals surface area contributed by atoms with E-state index in [1.54, 1.807) is 28.8 Å². The summed E-state index contributed by atoms with van der Waals surface area (Å²) in [5.41, 5.74) is 1.52. The van der Waals surface area contributed by atoms with Crippen LogP contribution in [0.15, 0.2) is 36.5 Å². The summed E-state index contributed by atoms with van der Waals surface area (Å²) in [4.78, 5) is 8.47. The van der Waals surface area contributed by atoms with Gasteiger partial charge in [-0.05, 0) is 24.3 Å². The third-order valence-electron chi connectivity index (χ3n) is 2.52. The number of imidazole rings is 1. The van der Waals surface area contributed by atoms with Crippen molar-refractivity contribution in [3.63, 3.8) is 0 Å². The van der Waals surface area contributed by atoms with Crippen LogP contribution in [0.5, 0.6) is 0 Å². The Hall–Kier alpha value is -1.29. The van der Waals surface area contributed by atoms with E-state index in [4.69, 9.17) is 34.8 Å². The fourth-order valence-corrected chi connectivity index (χ4v) is 2.38. The predicted molar refractivity (Wildman–Crippen MR) is 73.5 cm³/mol. The van der Waals surface area contributed by atoms with Crippen LogP contribution in [0.2, 0.25) is 15.3 Å².